The average molecular weight is 460 g/mol. The number of ether oxygens (including phenoxy) is 1. The summed E-state index contributed by atoms with van der Waals surface area (Å²) in [5, 5.41) is 15.4. The monoisotopic (exact) mass is 459 g/mol. The molecule has 1 aliphatic carbocycles. The molecule has 10 heteroatoms. The molecule has 0 atom stereocenters. The van der Waals surface area contributed by atoms with E-state index in [1.165, 1.54) is 0 Å². The third kappa shape index (κ3) is 3.90. The van der Waals surface area contributed by atoms with Crippen LogP contribution in [0.3, 0.4) is 0 Å². The first-order valence-electron chi connectivity index (χ1n) is 11.6. The molecule has 174 valence electrons. The van der Waals surface area contributed by atoms with Crippen molar-refractivity contribution in [3.8, 4) is 11.5 Å². The number of benzene rings is 1. The Bertz CT molecular complexity index is 1380. The number of anilines is 3. The molecule has 0 spiro atoms. The van der Waals surface area contributed by atoms with Crippen molar-refractivity contribution in [1.29, 1.82) is 0 Å². The Kier molecular flexibility index (Phi) is 5.21. The highest BCUT2D eigenvalue weighted by Gasteiger charge is 2.30. The zero-order valence-corrected chi connectivity index (χ0v) is 18.9. The van der Waals surface area contributed by atoms with Crippen LogP contribution < -0.4 is 15.5 Å². The van der Waals surface area contributed by atoms with E-state index >= 15 is 0 Å². The molecule has 1 saturated heterocycles. The second-order valence-electron chi connectivity index (χ2n) is 8.58. The summed E-state index contributed by atoms with van der Waals surface area (Å²) in [6.07, 6.45) is 3.56. The molecule has 1 amide bonds. The molecule has 6 rings (SSSR count). The fraction of sp³-hybridized carbons (Fsp3) is 0.375. The topological polar surface area (TPSA) is 118 Å². The molecule has 34 heavy (non-hydrogen) atoms. The molecular formula is C24H25N7O3. The van der Waals surface area contributed by atoms with Gasteiger partial charge in [0.2, 0.25) is 11.8 Å². The zero-order valence-electron chi connectivity index (χ0n) is 18.9. The summed E-state index contributed by atoms with van der Waals surface area (Å²) in [6.45, 7) is 5.83. The van der Waals surface area contributed by atoms with Crippen LogP contribution in [0.15, 0.2) is 34.9 Å². The Morgan fingerprint density at radius 2 is 2.03 bits per heavy atom. The van der Waals surface area contributed by atoms with E-state index in [4.69, 9.17) is 14.1 Å². The third-order valence-corrected chi connectivity index (χ3v) is 6.15. The van der Waals surface area contributed by atoms with Crippen LogP contribution in [-0.2, 0) is 9.53 Å². The van der Waals surface area contributed by atoms with Crippen LogP contribution in [0.5, 0.6) is 0 Å². The van der Waals surface area contributed by atoms with Gasteiger partial charge in [-0.15, -0.1) is 10.2 Å². The Morgan fingerprint density at radius 1 is 1.18 bits per heavy atom. The van der Waals surface area contributed by atoms with Gasteiger partial charge in [-0.1, -0.05) is 0 Å². The second-order valence-corrected chi connectivity index (χ2v) is 8.58. The Hall–Kier alpha value is -3.79. The number of hydrogen-bond donors (Lipinski definition) is 2. The lowest BCUT2D eigenvalue weighted by Crippen LogP contribution is -2.36. The highest BCUT2D eigenvalue weighted by atomic mass is 16.5. The summed E-state index contributed by atoms with van der Waals surface area (Å²) >= 11 is 0. The summed E-state index contributed by atoms with van der Waals surface area (Å²) in [5.74, 6) is 1.53. The summed E-state index contributed by atoms with van der Waals surface area (Å²) in [5.41, 5.74) is 3.85. The predicted molar refractivity (Wildman–Crippen MR) is 129 cm³/mol. The molecule has 4 aromatic rings. The first-order chi connectivity index (χ1) is 16.7. The molecule has 0 radical (unpaired) electrons. The largest absolute Gasteiger partial charge is 0.436 e. The van der Waals surface area contributed by atoms with Crippen molar-refractivity contribution in [2.45, 2.75) is 19.8 Å². The quantitative estimate of drug-likeness (QED) is 0.447. The van der Waals surface area contributed by atoms with Crippen molar-refractivity contribution in [3.63, 3.8) is 0 Å². The highest BCUT2D eigenvalue weighted by molar-refractivity contribution is 6.01. The van der Waals surface area contributed by atoms with Crippen LogP contribution in [0, 0.1) is 5.92 Å². The van der Waals surface area contributed by atoms with Crippen LogP contribution in [0.25, 0.3) is 33.5 Å². The number of rotatable bonds is 6. The molecule has 0 unspecified atom stereocenters. The van der Waals surface area contributed by atoms with E-state index in [2.05, 4.69) is 30.7 Å². The molecule has 2 N–H and O–H groups in total. The molecule has 10 nitrogen and oxygen atoms in total. The molecule has 1 saturated carbocycles. The van der Waals surface area contributed by atoms with Crippen LogP contribution >= 0.6 is 0 Å². The minimum atomic E-state index is -0.0198. The first kappa shape index (κ1) is 20.8. The van der Waals surface area contributed by atoms with E-state index in [0.717, 1.165) is 55.7 Å². The van der Waals surface area contributed by atoms with Gasteiger partial charge < -0.3 is 24.7 Å². The fourth-order valence-corrected chi connectivity index (χ4v) is 4.18. The van der Waals surface area contributed by atoms with Gasteiger partial charge in [-0.2, -0.15) is 0 Å². The molecule has 3 aromatic heterocycles. The summed E-state index contributed by atoms with van der Waals surface area (Å²) in [6, 6.07) is 7.84. The number of pyridine rings is 1. The number of aromatic nitrogens is 4. The standard InChI is InChI=1S/C24H25N7O3/c1-2-25-22-21-16(12-20(29-30-21)28-23(32)14-3-4-14)17(13-26-22)24-27-18-11-15(5-6-19(18)34-24)31-7-9-33-10-8-31/h5-6,11-14H,2-4,7-10H2,1H3,(H,25,26)(H,28,29,32). The summed E-state index contributed by atoms with van der Waals surface area (Å²) < 4.78 is 11.6. The maximum absolute atomic E-state index is 12.3. The molecular weight excluding hydrogens is 434 g/mol. The molecule has 2 fully saturated rings. The van der Waals surface area contributed by atoms with E-state index in [0.29, 0.717) is 40.7 Å². The van der Waals surface area contributed by atoms with E-state index in [9.17, 15) is 4.79 Å². The second kappa shape index (κ2) is 8.53. The van der Waals surface area contributed by atoms with Crippen LogP contribution in [0.1, 0.15) is 19.8 Å². The van der Waals surface area contributed by atoms with Crippen molar-refractivity contribution in [3.05, 3.63) is 30.5 Å². The lowest BCUT2D eigenvalue weighted by atomic mass is 10.1. The molecule has 2 aliphatic rings. The molecule has 0 bridgehead atoms. The number of amides is 1. The summed E-state index contributed by atoms with van der Waals surface area (Å²) in [4.78, 5) is 23.9. The number of nitrogens with zero attached hydrogens (tertiary/aromatic N) is 5. The van der Waals surface area contributed by atoms with Crippen molar-refractivity contribution in [2.24, 2.45) is 5.92 Å². The van der Waals surface area contributed by atoms with Crippen LogP contribution in [0.2, 0.25) is 0 Å². The van der Waals surface area contributed by atoms with Gasteiger partial charge in [0.15, 0.2) is 17.2 Å². The van der Waals surface area contributed by atoms with Gasteiger partial charge in [0, 0.05) is 42.8 Å². The number of nitrogens with one attached hydrogen (secondary N) is 2. The maximum atomic E-state index is 12.3. The number of carbonyl (C=O) groups is 1. The van der Waals surface area contributed by atoms with E-state index in [-0.39, 0.29) is 11.8 Å². The van der Waals surface area contributed by atoms with Gasteiger partial charge in [-0.25, -0.2) is 9.97 Å². The fourth-order valence-electron chi connectivity index (χ4n) is 4.18. The average Bonchev–Trinajstić information content (AvgIpc) is 3.64. The maximum Gasteiger partial charge on any atom is 0.229 e. The first-order valence-corrected chi connectivity index (χ1v) is 11.6. The van der Waals surface area contributed by atoms with Crippen molar-refractivity contribution < 1.29 is 13.9 Å². The van der Waals surface area contributed by atoms with Crippen molar-refractivity contribution in [1.82, 2.24) is 20.2 Å². The molecule has 4 heterocycles. The van der Waals surface area contributed by atoms with Crippen LogP contribution in [-0.4, -0.2) is 58.9 Å². The SMILES string of the molecule is CCNc1ncc(-c2nc3cc(N4CCOCC4)ccc3o2)c2cc(NC(=O)C3CC3)nnc12. The molecule has 1 aliphatic heterocycles. The van der Waals surface area contributed by atoms with Crippen LogP contribution in [0.4, 0.5) is 17.3 Å². The number of hydrogen-bond acceptors (Lipinski definition) is 9. The Balaban J connectivity index is 1.41. The number of morpholine rings is 1. The zero-order chi connectivity index (χ0) is 23.1. The number of carbonyl (C=O) groups excluding carboxylic acids is 1. The normalized spacial score (nSPS) is 16.2. The van der Waals surface area contributed by atoms with Gasteiger partial charge in [-0.05, 0) is 44.0 Å². The minimum Gasteiger partial charge on any atom is -0.436 e. The van der Waals surface area contributed by atoms with E-state index < -0.39 is 0 Å². The Morgan fingerprint density at radius 3 is 2.82 bits per heavy atom. The number of oxazole rings is 1. The van der Waals surface area contributed by atoms with E-state index in [1.807, 2.05) is 31.2 Å². The minimum absolute atomic E-state index is 0.0198. The van der Waals surface area contributed by atoms with Crippen molar-refractivity contribution in [2.75, 3.05) is 48.4 Å². The lowest BCUT2D eigenvalue weighted by molar-refractivity contribution is -0.117. The third-order valence-electron chi connectivity index (χ3n) is 6.15. The van der Waals surface area contributed by atoms with Crippen molar-refractivity contribution >= 4 is 45.2 Å². The van der Waals surface area contributed by atoms with Gasteiger partial charge in [0.1, 0.15) is 11.0 Å². The van der Waals surface area contributed by atoms with Gasteiger partial charge in [-0.3, -0.25) is 4.79 Å². The Labute approximate surface area is 195 Å². The van der Waals surface area contributed by atoms with Gasteiger partial charge in [0.25, 0.3) is 0 Å². The number of fused-ring (bicyclic) bond motifs is 2. The van der Waals surface area contributed by atoms with E-state index in [1.54, 1.807) is 6.20 Å². The smallest absolute Gasteiger partial charge is 0.229 e. The predicted octanol–water partition coefficient (Wildman–Crippen LogP) is 3.45. The summed E-state index contributed by atoms with van der Waals surface area (Å²) in [7, 11) is 0. The molecule has 1 aromatic carbocycles. The van der Waals surface area contributed by atoms with Gasteiger partial charge >= 0.3 is 0 Å². The lowest BCUT2D eigenvalue weighted by Gasteiger charge is -2.28. The van der Waals surface area contributed by atoms with Gasteiger partial charge in [0.05, 0.1) is 18.8 Å². The highest BCUT2D eigenvalue weighted by Crippen LogP contribution is 2.35.